The lowest BCUT2D eigenvalue weighted by Crippen LogP contribution is -2.33. The summed E-state index contributed by atoms with van der Waals surface area (Å²) in [5.41, 5.74) is 12.3. The summed E-state index contributed by atoms with van der Waals surface area (Å²) in [6.07, 6.45) is 0.591. The van der Waals surface area contributed by atoms with Crippen LogP contribution in [0.1, 0.15) is 12.8 Å². The second kappa shape index (κ2) is 4.95. The van der Waals surface area contributed by atoms with Crippen LogP contribution in [-0.4, -0.2) is 29.9 Å². The minimum Gasteiger partial charge on any atom is -0.492 e. The topological polar surface area (TPSA) is 98.6 Å². The highest BCUT2D eigenvalue weighted by Crippen LogP contribution is 2.20. The molecule has 0 radical (unpaired) electrons. The number of rotatable bonds is 4. The summed E-state index contributed by atoms with van der Waals surface area (Å²) < 4.78 is 5.42. The van der Waals surface area contributed by atoms with Crippen molar-refractivity contribution in [2.75, 3.05) is 24.6 Å². The SMILES string of the molecule is Nc1cc(N)cc(OCCN2C(=O)CCC2=O)c1. The van der Waals surface area contributed by atoms with Crippen molar-refractivity contribution in [1.82, 2.24) is 4.90 Å². The van der Waals surface area contributed by atoms with E-state index in [2.05, 4.69) is 0 Å². The van der Waals surface area contributed by atoms with Crippen molar-refractivity contribution < 1.29 is 14.3 Å². The van der Waals surface area contributed by atoms with Gasteiger partial charge in [0.05, 0.1) is 6.54 Å². The zero-order valence-corrected chi connectivity index (χ0v) is 9.89. The lowest BCUT2D eigenvalue weighted by molar-refractivity contribution is -0.138. The van der Waals surface area contributed by atoms with E-state index in [1.807, 2.05) is 0 Å². The van der Waals surface area contributed by atoms with Crippen molar-refractivity contribution in [3.63, 3.8) is 0 Å². The fraction of sp³-hybridized carbons (Fsp3) is 0.333. The minimum absolute atomic E-state index is 0.143. The maximum absolute atomic E-state index is 11.3. The van der Waals surface area contributed by atoms with Crippen LogP contribution >= 0.6 is 0 Å². The van der Waals surface area contributed by atoms with Crippen molar-refractivity contribution in [3.8, 4) is 5.75 Å². The normalized spacial score (nSPS) is 15.2. The van der Waals surface area contributed by atoms with Crippen LogP contribution in [0.15, 0.2) is 18.2 Å². The first kappa shape index (κ1) is 12.2. The first-order valence-corrected chi connectivity index (χ1v) is 5.68. The van der Waals surface area contributed by atoms with Crippen LogP contribution in [0, 0.1) is 0 Å². The molecule has 1 aliphatic heterocycles. The third-order valence-corrected chi connectivity index (χ3v) is 2.69. The van der Waals surface area contributed by atoms with Gasteiger partial charge in [-0.15, -0.1) is 0 Å². The van der Waals surface area contributed by atoms with Gasteiger partial charge in [0.1, 0.15) is 12.4 Å². The Hall–Kier alpha value is -2.24. The van der Waals surface area contributed by atoms with E-state index in [-0.39, 0.29) is 25.0 Å². The third kappa shape index (κ3) is 2.71. The molecule has 1 aromatic rings. The van der Waals surface area contributed by atoms with E-state index < -0.39 is 0 Å². The largest absolute Gasteiger partial charge is 0.492 e. The van der Waals surface area contributed by atoms with Crippen LogP contribution in [0.3, 0.4) is 0 Å². The van der Waals surface area contributed by atoms with Crippen LogP contribution in [-0.2, 0) is 9.59 Å². The van der Waals surface area contributed by atoms with E-state index in [1.165, 1.54) is 4.90 Å². The Labute approximate surface area is 104 Å². The molecule has 6 heteroatoms. The first-order valence-electron chi connectivity index (χ1n) is 5.68. The van der Waals surface area contributed by atoms with Gasteiger partial charge in [0.25, 0.3) is 0 Å². The average Bonchev–Trinajstić information content (AvgIpc) is 2.59. The molecular weight excluding hydrogens is 234 g/mol. The summed E-state index contributed by atoms with van der Waals surface area (Å²) in [7, 11) is 0. The molecule has 6 nitrogen and oxygen atoms in total. The predicted octanol–water partition coefficient (Wildman–Crippen LogP) is 0.379. The molecule has 0 spiro atoms. The monoisotopic (exact) mass is 249 g/mol. The Morgan fingerprint density at radius 1 is 1.06 bits per heavy atom. The van der Waals surface area contributed by atoms with E-state index in [1.54, 1.807) is 18.2 Å². The lowest BCUT2D eigenvalue weighted by Gasteiger charge is -2.14. The van der Waals surface area contributed by atoms with Gasteiger partial charge in [0.2, 0.25) is 11.8 Å². The lowest BCUT2D eigenvalue weighted by atomic mass is 10.3. The number of nitrogens with zero attached hydrogens (tertiary/aromatic N) is 1. The average molecular weight is 249 g/mol. The molecule has 1 heterocycles. The molecule has 1 aromatic carbocycles. The number of carbonyl (C=O) groups is 2. The van der Waals surface area contributed by atoms with Gasteiger partial charge in [-0.3, -0.25) is 14.5 Å². The van der Waals surface area contributed by atoms with Crippen LogP contribution in [0.25, 0.3) is 0 Å². The summed E-state index contributed by atoms with van der Waals surface area (Å²) in [5, 5.41) is 0. The molecule has 0 unspecified atom stereocenters. The van der Waals surface area contributed by atoms with Gasteiger partial charge >= 0.3 is 0 Å². The van der Waals surface area contributed by atoms with Crippen molar-refractivity contribution in [1.29, 1.82) is 0 Å². The third-order valence-electron chi connectivity index (χ3n) is 2.69. The fourth-order valence-electron chi connectivity index (χ4n) is 1.86. The molecule has 96 valence electrons. The van der Waals surface area contributed by atoms with Gasteiger partial charge in [-0.2, -0.15) is 0 Å². The smallest absolute Gasteiger partial charge is 0.229 e. The van der Waals surface area contributed by atoms with E-state index >= 15 is 0 Å². The number of hydrogen-bond acceptors (Lipinski definition) is 5. The van der Waals surface area contributed by atoms with E-state index in [0.717, 1.165) is 0 Å². The molecule has 0 atom stereocenters. The highest BCUT2D eigenvalue weighted by atomic mass is 16.5. The zero-order chi connectivity index (χ0) is 13.1. The number of hydrogen-bond donors (Lipinski definition) is 2. The Morgan fingerprint density at radius 2 is 1.61 bits per heavy atom. The highest BCUT2D eigenvalue weighted by molar-refractivity contribution is 6.01. The molecular formula is C12H15N3O3. The summed E-state index contributed by atoms with van der Waals surface area (Å²) >= 11 is 0. The van der Waals surface area contributed by atoms with Crippen LogP contribution in [0.2, 0.25) is 0 Å². The van der Waals surface area contributed by atoms with Gasteiger partial charge in [-0.1, -0.05) is 0 Å². The zero-order valence-electron chi connectivity index (χ0n) is 9.89. The standard InChI is InChI=1S/C12H15N3O3/c13-8-5-9(14)7-10(6-8)18-4-3-15-11(16)1-2-12(15)17/h5-7H,1-4,13-14H2. The van der Waals surface area contributed by atoms with Gasteiger partial charge in [0, 0.05) is 36.3 Å². The number of benzene rings is 1. The number of nitrogen functional groups attached to an aromatic ring is 2. The number of carbonyl (C=O) groups excluding carboxylic acids is 2. The van der Waals surface area contributed by atoms with Crippen LogP contribution < -0.4 is 16.2 Å². The quantitative estimate of drug-likeness (QED) is 0.593. The minimum atomic E-state index is -0.143. The molecule has 4 N–H and O–H groups in total. The van der Waals surface area contributed by atoms with Gasteiger partial charge in [-0.05, 0) is 6.07 Å². The number of ether oxygens (including phenoxy) is 1. The number of likely N-dealkylation sites (tertiary alicyclic amines) is 1. The fourth-order valence-corrected chi connectivity index (χ4v) is 1.86. The van der Waals surface area contributed by atoms with E-state index in [9.17, 15) is 9.59 Å². The van der Waals surface area contributed by atoms with Crippen molar-refractivity contribution in [3.05, 3.63) is 18.2 Å². The summed E-state index contributed by atoms with van der Waals surface area (Å²) in [4.78, 5) is 23.9. The Morgan fingerprint density at radius 3 is 2.17 bits per heavy atom. The summed E-state index contributed by atoms with van der Waals surface area (Å²) in [6, 6.07) is 4.91. The van der Waals surface area contributed by atoms with Gasteiger partial charge in [0.15, 0.2) is 0 Å². The van der Waals surface area contributed by atoms with Crippen molar-refractivity contribution in [2.45, 2.75) is 12.8 Å². The van der Waals surface area contributed by atoms with E-state index in [4.69, 9.17) is 16.2 Å². The maximum atomic E-state index is 11.3. The molecule has 1 fully saturated rings. The molecule has 0 bridgehead atoms. The molecule has 18 heavy (non-hydrogen) atoms. The molecule has 2 amide bonds. The maximum Gasteiger partial charge on any atom is 0.229 e. The van der Waals surface area contributed by atoms with Gasteiger partial charge < -0.3 is 16.2 Å². The van der Waals surface area contributed by atoms with Crippen LogP contribution in [0.4, 0.5) is 11.4 Å². The molecule has 0 aliphatic carbocycles. The predicted molar refractivity (Wildman–Crippen MR) is 66.7 cm³/mol. The Kier molecular flexibility index (Phi) is 3.36. The molecule has 1 saturated heterocycles. The number of nitrogens with two attached hydrogens (primary N) is 2. The van der Waals surface area contributed by atoms with Crippen molar-refractivity contribution in [2.24, 2.45) is 0 Å². The molecule has 1 aliphatic rings. The summed E-state index contributed by atoms with van der Waals surface area (Å²) in [5.74, 6) is 0.248. The number of anilines is 2. The highest BCUT2D eigenvalue weighted by Gasteiger charge is 2.28. The molecule has 2 rings (SSSR count). The number of imide groups is 1. The molecule has 0 saturated carbocycles. The second-order valence-corrected chi connectivity index (χ2v) is 4.12. The Balaban J connectivity index is 1.88. The van der Waals surface area contributed by atoms with Crippen LogP contribution in [0.5, 0.6) is 5.75 Å². The second-order valence-electron chi connectivity index (χ2n) is 4.12. The van der Waals surface area contributed by atoms with Crippen molar-refractivity contribution >= 4 is 23.2 Å². The molecule has 0 aromatic heterocycles. The Bertz CT molecular complexity index is 451. The van der Waals surface area contributed by atoms with E-state index in [0.29, 0.717) is 30.0 Å². The van der Waals surface area contributed by atoms with Gasteiger partial charge in [-0.25, -0.2) is 0 Å². The first-order chi connectivity index (χ1) is 8.56. The summed E-state index contributed by atoms with van der Waals surface area (Å²) in [6.45, 7) is 0.493. The number of amides is 2.